The third-order valence-corrected chi connectivity index (χ3v) is 2.27. The zero-order valence-corrected chi connectivity index (χ0v) is 7.66. The van der Waals surface area contributed by atoms with E-state index < -0.39 is 29.7 Å². The lowest BCUT2D eigenvalue weighted by molar-refractivity contribution is -0.0230. The van der Waals surface area contributed by atoms with Gasteiger partial charge in [0.25, 0.3) is 5.56 Å². The summed E-state index contributed by atoms with van der Waals surface area (Å²) in [5, 5.41) is 18.7. The maximum atomic E-state index is 11.3. The Morgan fingerprint density at radius 3 is 2.73 bits per heavy atom. The number of rotatable bonds is 1. The lowest BCUT2D eigenvalue weighted by atomic mass is 10.2. The molecule has 7 heteroatoms. The average molecular weight is 214 g/mol. The molecule has 0 aliphatic carbocycles. The van der Waals surface area contributed by atoms with Crippen molar-refractivity contribution in [3.8, 4) is 0 Å². The Morgan fingerprint density at radius 2 is 2.20 bits per heavy atom. The minimum atomic E-state index is -1.27. The number of aromatic amines is 1. The summed E-state index contributed by atoms with van der Waals surface area (Å²) in [7, 11) is 0. The number of H-pyrrole nitrogens is 1. The molecule has 1 saturated heterocycles. The van der Waals surface area contributed by atoms with Crippen molar-refractivity contribution < 1.29 is 14.9 Å². The molecular formula is C8H10N2O5. The van der Waals surface area contributed by atoms with Crippen molar-refractivity contribution in [2.75, 3.05) is 6.61 Å². The maximum absolute atomic E-state index is 11.3. The zero-order valence-electron chi connectivity index (χ0n) is 7.66. The molecule has 15 heavy (non-hydrogen) atoms. The molecule has 1 aromatic heterocycles. The third-order valence-electron chi connectivity index (χ3n) is 2.27. The molecule has 0 spiro atoms. The molecule has 1 aromatic rings. The Bertz CT molecular complexity index is 436. The molecule has 1 fully saturated rings. The van der Waals surface area contributed by atoms with Crippen molar-refractivity contribution >= 4 is 0 Å². The van der Waals surface area contributed by atoms with Gasteiger partial charge in [0.2, 0.25) is 0 Å². The van der Waals surface area contributed by atoms with Gasteiger partial charge in [0.15, 0.2) is 6.23 Å². The van der Waals surface area contributed by atoms with Crippen LogP contribution in [0.4, 0.5) is 0 Å². The molecule has 3 N–H and O–H groups in total. The molecule has 0 saturated carbocycles. The van der Waals surface area contributed by atoms with Gasteiger partial charge in [0.05, 0.1) is 6.61 Å². The molecule has 0 amide bonds. The number of aromatic nitrogens is 2. The van der Waals surface area contributed by atoms with E-state index in [2.05, 4.69) is 4.98 Å². The number of aliphatic hydroxyl groups is 2. The van der Waals surface area contributed by atoms with E-state index in [1.807, 2.05) is 0 Å². The maximum Gasteiger partial charge on any atom is 0.330 e. The first-order valence-electron chi connectivity index (χ1n) is 4.39. The second-order valence-corrected chi connectivity index (χ2v) is 3.27. The van der Waals surface area contributed by atoms with Crippen LogP contribution in [0.25, 0.3) is 0 Å². The average Bonchev–Trinajstić information content (AvgIpc) is 2.49. The molecule has 7 nitrogen and oxygen atoms in total. The van der Waals surface area contributed by atoms with Crippen LogP contribution in [0.1, 0.15) is 6.23 Å². The Morgan fingerprint density at radius 1 is 1.47 bits per heavy atom. The van der Waals surface area contributed by atoms with Gasteiger partial charge in [0, 0.05) is 12.3 Å². The summed E-state index contributed by atoms with van der Waals surface area (Å²) < 4.78 is 5.71. The van der Waals surface area contributed by atoms with E-state index in [-0.39, 0.29) is 6.61 Å². The number of aliphatic hydroxyl groups excluding tert-OH is 2. The topological polar surface area (TPSA) is 105 Å². The Kier molecular flexibility index (Phi) is 2.43. The molecule has 82 valence electrons. The van der Waals surface area contributed by atoms with Crippen molar-refractivity contribution in [2.24, 2.45) is 0 Å². The highest BCUT2D eigenvalue weighted by Crippen LogP contribution is 2.20. The predicted molar refractivity (Wildman–Crippen MR) is 48.3 cm³/mol. The van der Waals surface area contributed by atoms with E-state index >= 15 is 0 Å². The lowest BCUT2D eigenvalue weighted by Crippen LogP contribution is -2.42. The standard InChI is InChI=1S/C8H10N2O5/c11-4-3-15-7(6(4)13)10-5(12)1-2-9-8(10)14/h1-2,4,6-7,11,13H,3H2,(H,9,14)/t4-,6-,7?/m1/s1. The number of nitrogens with one attached hydrogen (secondary N) is 1. The van der Waals surface area contributed by atoms with Crippen molar-refractivity contribution in [1.82, 2.24) is 9.55 Å². The summed E-state index contributed by atoms with van der Waals surface area (Å²) in [6, 6.07) is 1.14. The fourth-order valence-electron chi connectivity index (χ4n) is 1.49. The number of nitrogens with zero attached hydrogens (tertiary/aromatic N) is 1. The van der Waals surface area contributed by atoms with Crippen LogP contribution < -0.4 is 11.2 Å². The fraction of sp³-hybridized carbons (Fsp3) is 0.500. The number of hydrogen-bond acceptors (Lipinski definition) is 5. The third kappa shape index (κ3) is 1.60. The van der Waals surface area contributed by atoms with Gasteiger partial charge in [-0.3, -0.25) is 4.79 Å². The van der Waals surface area contributed by atoms with Crippen LogP contribution >= 0.6 is 0 Å². The summed E-state index contributed by atoms with van der Waals surface area (Å²) in [5.41, 5.74) is -1.27. The van der Waals surface area contributed by atoms with Crippen molar-refractivity contribution in [1.29, 1.82) is 0 Å². The van der Waals surface area contributed by atoms with Gasteiger partial charge in [-0.05, 0) is 0 Å². The summed E-state index contributed by atoms with van der Waals surface area (Å²) in [4.78, 5) is 25.0. The molecule has 0 bridgehead atoms. The first-order valence-corrected chi connectivity index (χ1v) is 4.39. The highest BCUT2D eigenvalue weighted by molar-refractivity contribution is 4.89. The van der Waals surface area contributed by atoms with E-state index in [0.29, 0.717) is 0 Å². The van der Waals surface area contributed by atoms with Crippen LogP contribution in [0, 0.1) is 0 Å². The van der Waals surface area contributed by atoms with Gasteiger partial charge in [0.1, 0.15) is 12.2 Å². The van der Waals surface area contributed by atoms with E-state index in [1.165, 1.54) is 6.20 Å². The number of ether oxygens (including phenoxy) is 1. The van der Waals surface area contributed by atoms with Crippen molar-refractivity contribution in [2.45, 2.75) is 18.4 Å². The predicted octanol–water partition coefficient (Wildman–Crippen LogP) is -2.21. The normalized spacial score (nSPS) is 30.7. The molecule has 1 unspecified atom stereocenters. The van der Waals surface area contributed by atoms with Crippen LogP contribution in [0.15, 0.2) is 21.9 Å². The van der Waals surface area contributed by atoms with Gasteiger partial charge in [-0.25, -0.2) is 9.36 Å². The molecule has 3 atom stereocenters. The fourth-order valence-corrected chi connectivity index (χ4v) is 1.49. The largest absolute Gasteiger partial charge is 0.388 e. The smallest absolute Gasteiger partial charge is 0.330 e. The van der Waals surface area contributed by atoms with Crippen molar-refractivity contribution in [3.63, 3.8) is 0 Å². The highest BCUT2D eigenvalue weighted by atomic mass is 16.5. The Hall–Kier alpha value is -1.44. The summed E-state index contributed by atoms with van der Waals surface area (Å²) in [6.07, 6.45) is -2.27. The van der Waals surface area contributed by atoms with Crippen LogP contribution in [-0.2, 0) is 4.74 Å². The molecule has 0 aromatic carbocycles. The van der Waals surface area contributed by atoms with Gasteiger partial charge in [-0.15, -0.1) is 0 Å². The van der Waals surface area contributed by atoms with Gasteiger partial charge < -0.3 is 19.9 Å². The molecule has 0 radical (unpaired) electrons. The minimum Gasteiger partial charge on any atom is -0.388 e. The van der Waals surface area contributed by atoms with E-state index in [9.17, 15) is 19.8 Å². The van der Waals surface area contributed by atoms with Crippen LogP contribution in [0.5, 0.6) is 0 Å². The molecular weight excluding hydrogens is 204 g/mol. The lowest BCUT2D eigenvalue weighted by Gasteiger charge is -2.15. The Labute approximate surface area is 83.6 Å². The first-order chi connectivity index (χ1) is 7.11. The van der Waals surface area contributed by atoms with E-state index in [0.717, 1.165) is 10.6 Å². The number of hydrogen-bond donors (Lipinski definition) is 3. The summed E-state index contributed by atoms with van der Waals surface area (Å²) in [5.74, 6) is 0. The minimum absolute atomic E-state index is 0.105. The summed E-state index contributed by atoms with van der Waals surface area (Å²) >= 11 is 0. The monoisotopic (exact) mass is 214 g/mol. The highest BCUT2D eigenvalue weighted by Gasteiger charge is 2.37. The van der Waals surface area contributed by atoms with Crippen molar-refractivity contribution in [3.05, 3.63) is 33.1 Å². The molecule has 1 aliphatic rings. The van der Waals surface area contributed by atoms with Gasteiger partial charge in [-0.1, -0.05) is 0 Å². The second-order valence-electron chi connectivity index (χ2n) is 3.27. The molecule has 2 heterocycles. The quantitative estimate of drug-likeness (QED) is 0.491. The van der Waals surface area contributed by atoms with Gasteiger partial charge >= 0.3 is 5.69 Å². The first kappa shape index (κ1) is 10.1. The van der Waals surface area contributed by atoms with Gasteiger partial charge in [-0.2, -0.15) is 0 Å². The zero-order chi connectivity index (χ0) is 11.0. The summed E-state index contributed by atoms with van der Waals surface area (Å²) in [6.45, 7) is -0.105. The second kappa shape index (κ2) is 3.61. The van der Waals surface area contributed by atoms with Crippen LogP contribution in [0.3, 0.4) is 0 Å². The molecule has 1 aliphatic heterocycles. The van der Waals surface area contributed by atoms with E-state index in [4.69, 9.17) is 4.74 Å². The SMILES string of the molecule is O=c1cc[nH]c(=O)n1C1OC[C@@H](O)[C@H]1O. The van der Waals surface area contributed by atoms with Crippen LogP contribution in [0.2, 0.25) is 0 Å². The van der Waals surface area contributed by atoms with E-state index in [1.54, 1.807) is 0 Å². The Balaban J connectivity index is 2.47. The van der Waals surface area contributed by atoms with Crippen LogP contribution in [-0.4, -0.2) is 38.6 Å². The molecule has 2 rings (SSSR count).